The molecule has 5 heteroatoms. The van der Waals surface area contributed by atoms with Gasteiger partial charge in [-0.25, -0.2) is 4.98 Å². The molecule has 60 heavy (non-hydrogen) atoms. The van der Waals surface area contributed by atoms with E-state index in [4.69, 9.17) is 15.0 Å². The molecule has 0 saturated heterocycles. The van der Waals surface area contributed by atoms with Crippen molar-refractivity contribution in [3.63, 3.8) is 0 Å². The summed E-state index contributed by atoms with van der Waals surface area (Å²) in [4.78, 5) is 17.2. The Morgan fingerprint density at radius 1 is 0.600 bits per heavy atom. The number of benzene rings is 7. The van der Waals surface area contributed by atoms with Crippen LogP contribution in [0.25, 0.3) is 100 Å². The van der Waals surface area contributed by atoms with E-state index in [1.807, 2.05) is 18.2 Å². The van der Waals surface area contributed by atoms with Crippen LogP contribution < -0.4 is 0 Å². The Morgan fingerprint density at radius 2 is 1.27 bits per heavy atom. The average molecular weight is 789 g/mol. The first kappa shape index (κ1) is 36.8. The number of aryl methyl sites for hydroxylation is 1. The van der Waals surface area contributed by atoms with Crippen molar-refractivity contribution < 1.29 is 0 Å². The highest BCUT2D eigenvalue weighted by atomic mass is 32.1. The van der Waals surface area contributed by atoms with Gasteiger partial charge in [-0.15, -0.1) is 11.3 Å². The van der Waals surface area contributed by atoms with Crippen LogP contribution in [0.15, 0.2) is 183 Å². The van der Waals surface area contributed by atoms with Gasteiger partial charge in [0, 0.05) is 42.4 Å². The molecular weight excluding hydrogens is 749 g/mol. The number of hydrogen-bond donors (Lipinski definition) is 0. The van der Waals surface area contributed by atoms with Gasteiger partial charge in [-0.1, -0.05) is 177 Å². The van der Waals surface area contributed by atoms with Crippen molar-refractivity contribution >= 4 is 71.6 Å². The van der Waals surface area contributed by atoms with E-state index in [2.05, 4.69) is 195 Å². The monoisotopic (exact) mass is 788 g/mol. The van der Waals surface area contributed by atoms with Gasteiger partial charge in [-0.05, 0) is 76.0 Å². The minimum Gasteiger partial charge on any atom is -0.277 e. The van der Waals surface area contributed by atoms with Gasteiger partial charge in [-0.3, -0.25) is 4.57 Å². The van der Waals surface area contributed by atoms with E-state index in [9.17, 15) is 0 Å². The molecule has 3 aromatic heterocycles. The molecule has 7 aromatic carbocycles. The molecule has 10 aromatic rings. The van der Waals surface area contributed by atoms with Crippen LogP contribution in [0.5, 0.6) is 0 Å². The number of fused-ring (bicyclic) bond motifs is 5. The molecule has 0 spiro atoms. The second kappa shape index (κ2) is 15.4. The smallest absolute Gasteiger partial charge is 0.238 e. The zero-order valence-electron chi connectivity index (χ0n) is 33.4. The largest absolute Gasteiger partial charge is 0.277 e. The lowest BCUT2D eigenvalue weighted by atomic mass is 9.96. The van der Waals surface area contributed by atoms with E-state index >= 15 is 0 Å². The number of nitrogens with zero attached hydrogens (tertiary/aromatic N) is 4. The quantitative estimate of drug-likeness (QED) is 0.137. The van der Waals surface area contributed by atoms with Gasteiger partial charge in [0.1, 0.15) is 0 Å². The van der Waals surface area contributed by atoms with Crippen LogP contribution in [-0.4, -0.2) is 19.5 Å². The lowest BCUT2D eigenvalue weighted by Gasteiger charge is -2.16. The van der Waals surface area contributed by atoms with Gasteiger partial charge in [0.2, 0.25) is 5.95 Å². The molecule has 0 fully saturated rings. The minimum atomic E-state index is 0.537. The third kappa shape index (κ3) is 6.37. The summed E-state index contributed by atoms with van der Waals surface area (Å²) in [5.74, 6) is 1.73. The maximum absolute atomic E-state index is 5.41. The molecule has 0 saturated carbocycles. The van der Waals surface area contributed by atoms with Crippen molar-refractivity contribution in [3.05, 3.63) is 210 Å². The third-order valence-electron chi connectivity index (χ3n) is 11.3. The number of thiophene rings is 1. The molecule has 10 rings (SSSR count). The first-order valence-corrected chi connectivity index (χ1v) is 20.9. The fourth-order valence-electron chi connectivity index (χ4n) is 8.44. The second-order valence-corrected chi connectivity index (χ2v) is 16.0. The van der Waals surface area contributed by atoms with E-state index in [0.29, 0.717) is 17.6 Å². The summed E-state index contributed by atoms with van der Waals surface area (Å²) in [6.07, 6.45) is 10.2. The molecular formula is C55H40N4S. The van der Waals surface area contributed by atoms with Gasteiger partial charge >= 0.3 is 0 Å². The maximum Gasteiger partial charge on any atom is 0.238 e. The molecule has 0 radical (unpaired) electrons. The molecule has 0 N–H and O–H groups in total. The van der Waals surface area contributed by atoms with Gasteiger partial charge < -0.3 is 0 Å². The van der Waals surface area contributed by atoms with Gasteiger partial charge in [0.05, 0.1) is 11.2 Å². The Balaban J connectivity index is 1.27. The van der Waals surface area contributed by atoms with Crippen molar-refractivity contribution in [1.29, 1.82) is 0 Å². The Labute approximate surface area is 353 Å². The molecule has 286 valence electrons. The topological polar surface area (TPSA) is 43.6 Å². The predicted molar refractivity (Wildman–Crippen MR) is 257 cm³/mol. The van der Waals surface area contributed by atoms with Crippen molar-refractivity contribution in [2.24, 2.45) is 0 Å². The Kier molecular flexibility index (Phi) is 9.44. The standard InChI is InChI=1S/C55H40N4S/c1-5-15-45(42-30-32-50-48(34-42)47(16-6-2)49(7-3)60-50)51-35(4)44-31-29-39-20-13-14-22-46(39)52(44)59(51)55-57-53(40-26-23-38(24-27-40)36-17-9-8-10-18-36)56-54(58-55)43-28-25-37-19-11-12-21-41(37)33-43/h5-34H,1,3H2,2,4H3/b16-6-,45-15-. The van der Waals surface area contributed by atoms with Gasteiger partial charge in [-0.2, -0.15) is 9.97 Å². The number of allylic oxidation sites excluding steroid dienone is 3. The highest BCUT2D eigenvalue weighted by molar-refractivity contribution is 7.20. The Bertz CT molecular complexity index is 3360. The van der Waals surface area contributed by atoms with Crippen molar-refractivity contribution in [1.82, 2.24) is 19.5 Å². The van der Waals surface area contributed by atoms with E-state index in [1.54, 1.807) is 11.3 Å². The van der Waals surface area contributed by atoms with Gasteiger partial charge in [0.15, 0.2) is 11.6 Å². The molecule has 0 aliphatic heterocycles. The zero-order chi connectivity index (χ0) is 40.7. The molecule has 0 bridgehead atoms. The SMILES string of the molecule is C=C/C=C(/c1ccc2sc(C=C)c(/C=C\C)c2c1)c1c(C)c2ccc3ccccc3c2n1-c1nc(-c2ccc(-c3ccccc3)cc2)nc(-c2ccc3ccccc3c2)n1. The summed E-state index contributed by atoms with van der Waals surface area (Å²) >= 11 is 1.76. The summed E-state index contributed by atoms with van der Waals surface area (Å²) < 4.78 is 3.47. The molecule has 0 aliphatic carbocycles. The van der Waals surface area contributed by atoms with Crippen LogP contribution in [0.4, 0.5) is 0 Å². The van der Waals surface area contributed by atoms with Crippen LogP contribution in [0.3, 0.4) is 0 Å². The lowest BCUT2D eigenvalue weighted by molar-refractivity contribution is 0.922. The first-order valence-electron chi connectivity index (χ1n) is 20.1. The van der Waals surface area contributed by atoms with Crippen LogP contribution in [0, 0.1) is 6.92 Å². The van der Waals surface area contributed by atoms with Crippen molar-refractivity contribution in [3.8, 4) is 39.9 Å². The predicted octanol–water partition coefficient (Wildman–Crippen LogP) is 14.9. The normalized spacial score (nSPS) is 12.0. The molecule has 3 heterocycles. The summed E-state index contributed by atoms with van der Waals surface area (Å²) in [5.41, 5.74) is 10.5. The minimum absolute atomic E-state index is 0.537. The Morgan fingerprint density at radius 3 is 2.03 bits per heavy atom. The number of hydrogen-bond acceptors (Lipinski definition) is 4. The highest BCUT2D eigenvalue weighted by Crippen LogP contribution is 2.42. The van der Waals surface area contributed by atoms with Crippen molar-refractivity contribution in [2.45, 2.75) is 13.8 Å². The van der Waals surface area contributed by atoms with Crippen LogP contribution >= 0.6 is 11.3 Å². The Hall–Kier alpha value is -7.47. The first-order chi connectivity index (χ1) is 29.5. The highest BCUT2D eigenvalue weighted by Gasteiger charge is 2.25. The summed E-state index contributed by atoms with van der Waals surface area (Å²) in [6.45, 7) is 12.6. The zero-order valence-corrected chi connectivity index (χ0v) is 34.2. The van der Waals surface area contributed by atoms with Gasteiger partial charge in [0.25, 0.3) is 0 Å². The summed E-state index contributed by atoms with van der Waals surface area (Å²) in [5, 5.41) is 6.84. The number of aromatic nitrogens is 4. The summed E-state index contributed by atoms with van der Waals surface area (Å²) in [6, 6.07) is 53.5. The van der Waals surface area contributed by atoms with Crippen LogP contribution in [-0.2, 0) is 0 Å². The maximum atomic E-state index is 5.41. The third-order valence-corrected chi connectivity index (χ3v) is 12.5. The van der Waals surface area contributed by atoms with E-state index < -0.39 is 0 Å². The summed E-state index contributed by atoms with van der Waals surface area (Å²) in [7, 11) is 0. The second-order valence-electron chi connectivity index (χ2n) is 14.9. The lowest BCUT2D eigenvalue weighted by Crippen LogP contribution is -2.10. The molecule has 0 amide bonds. The van der Waals surface area contributed by atoms with E-state index in [1.165, 1.54) is 15.6 Å². The van der Waals surface area contributed by atoms with E-state index in [-0.39, 0.29) is 0 Å². The fraction of sp³-hybridized carbons (Fsp3) is 0.0364. The average Bonchev–Trinajstić information content (AvgIpc) is 3.81. The molecule has 0 aliphatic rings. The van der Waals surface area contributed by atoms with Crippen molar-refractivity contribution in [2.75, 3.05) is 0 Å². The molecule has 0 atom stereocenters. The van der Waals surface area contributed by atoms with E-state index in [0.717, 1.165) is 82.0 Å². The van der Waals surface area contributed by atoms with Crippen LogP contribution in [0.1, 0.15) is 34.2 Å². The molecule has 0 unspecified atom stereocenters. The number of rotatable bonds is 9. The molecule has 4 nitrogen and oxygen atoms in total. The fourth-order valence-corrected chi connectivity index (χ4v) is 9.47. The van der Waals surface area contributed by atoms with Crippen LogP contribution in [0.2, 0.25) is 0 Å².